The lowest BCUT2D eigenvalue weighted by Gasteiger charge is -1.86. The second kappa shape index (κ2) is 12.9. The molecule has 0 amide bonds. The van der Waals surface area contributed by atoms with E-state index in [4.69, 9.17) is 0 Å². The van der Waals surface area contributed by atoms with Gasteiger partial charge in [-0.15, -0.1) is 0 Å². The monoisotopic (exact) mass is 166 g/mol. The van der Waals surface area contributed by atoms with E-state index >= 15 is 0 Å². The predicted molar refractivity (Wildman–Crippen MR) is 59.4 cm³/mol. The minimum absolute atomic E-state index is 1.12. The minimum atomic E-state index is 1.12. The van der Waals surface area contributed by atoms with Crippen LogP contribution in [0, 0.1) is 0 Å². The Morgan fingerprint density at radius 3 is 2.17 bits per heavy atom. The van der Waals surface area contributed by atoms with E-state index in [0.29, 0.717) is 0 Å². The molecular weight excluding hydrogens is 144 g/mol. The van der Waals surface area contributed by atoms with E-state index in [-0.39, 0.29) is 0 Å². The number of allylic oxidation sites excluding steroid dienone is 6. The van der Waals surface area contributed by atoms with Gasteiger partial charge in [0.25, 0.3) is 0 Å². The number of rotatable bonds is 3. The average molecular weight is 166 g/mol. The van der Waals surface area contributed by atoms with Gasteiger partial charge in [0, 0.05) is 0 Å². The molecule has 0 heterocycles. The van der Waals surface area contributed by atoms with Gasteiger partial charge in [0.1, 0.15) is 0 Å². The smallest absolute Gasteiger partial charge is 0.0374 e. The molecule has 0 aromatic carbocycles. The molecule has 0 heteroatoms. The molecule has 0 N–H and O–H groups in total. The zero-order chi connectivity index (χ0) is 9.82. The van der Waals surface area contributed by atoms with Gasteiger partial charge < -0.3 is 0 Å². The number of hydrogen-bond acceptors (Lipinski definition) is 0. The summed E-state index contributed by atoms with van der Waals surface area (Å²) in [6.07, 6.45) is 11.6. The summed E-state index contributed by atoms with van der Waals surface area (Å²) in [4.78, 5) is 0. The molecule has 0 saturated heterocycles. The quantitative estimate of drug-likeness (QED) is 0.541. The Hall–Kier alpha value is -0.780. The third kappa shape index (κ3) is 12.0. The van der Waals surface area contributed by atoms with E-state index in [2.05, 4.69) is 32.1 Å². The van der Waals surface area contributed by atoms with Gasteiger partial charge in [-0.3, -0.25) is 0 Å². The van der Waals surface area contributed by atoms with E-state index < -0.39 is 0 Å². The van der Waals surface area contributed by atoms with Crippen molar-refractivity contribution in [2.45, 2.75) is 41.0 Å². The highest BCUT2D eigenvalue weighted by Gasteiger charge is 1.75. The molecule has 0 aromatic heterocycles. The van der Waals surface area contributed by atoms with Gasteiger partial charge in [-0.2, -0.15) is 0 Å². The van der Waals surface area contributed by atoms with Crippen molar-refractivity contribution >= 4 is 0 Å². The zero-order valence-corrected chi connectivity index (χ0v) is 9.09. The lowest BCUT2D eigenvalue weighted by molar-refractivity contribution is 1.20. The Balaban J connectivity index is 0. The summed E-state index contributed by atoms with van der Waals surface area (Å²) in [6, 6.07) is 0. The van der Waals surface area contributed by atoms with Crippen molar-refractivity contribution in [1.82, 2.24) is 0 Å². The molecule has 70 valence electrons. The summed E-state index contributed by atoms with van der Waals surface area (Å²) >= 11 is 0. The number of hydrogen-bond donors (Lipinski definition) is 0. The highest BCUT2D eigenvalue weighted by atomic mass is 13.8. The second-order valence-corrected chi connectivity index (χ2v) is 2.24. The Bertz CT molecular complexity index is 147. The SMILES string of the molecule is CC.C\C=C/C=C\C(C)=C\CC. The van der Waals surface area contributed by atoms with E-state index in [1.165, 1.54) is 5.57 Å². The van der Waals surface area contributed by atoms with Crippen molar-refractivity contribution in [3.05, 3.63) is 36.0 Å². The van der Waals surface area contributed by atoms with Gasteiger partial charge in [-0.25, -0.2) is 0 Å². The molecule has 0 nitrogen and oxygen atoms in total. The zero-order valence-electron chi connectivity index (χ0n) is 9.09. The molecule has 0 aromatic rings. The molecule has 0 bridgehead atoms. The van der Waals surface area contributed by atoms with E-state index in [1.54, 1.807) is 0 Å². The van der Waals surface area contributed by atoms with Crippen LogP contribution in [0.15, 0.2) is 36.0 Å². The third-order valence-corrected chi connectivity index (χ3v) is 1.19. The maximum Gasteiger partial charge on any atom is -0.0374 e. The van der Waals surface area contributed by atoms with Crippen LogP contribution in [-0.2, 0) is 0 Å². The van der Waals surface area contributed by atoms with Crippen LogP contribution in [0.2, 0.25) is 0 Å². The van der Waals surface area contributed by atoms with Gasteiger partial charge in [0.05, 0.1) is 0 Å². The van der Waals surface area contributed by atoms with Crippen LogP contribution in [0.5, 0.6) is 0 Å². The summed E-state index contributed by atoms with van der Waals surface area (Å²) in [5.74, 6) is 0. The van der Waals surface area contributed by atoms with Crippen LogP contribution in [0.3, 0.4) is 0 Å². The molecule has 0 fully saturated rings. The Morgan fingerprint density at radius 2 is 1.75 bits per heavy atom. The summed E-state index contributed by atoms with van der Waals surface area (Å²) in [6.45, 7) is 10.3. The highest BCUT2D eigenvalue weighted by Crippen LogP contribution is 1.96. The van der Waals surface area contributed by atoms with Crippen LogP contribution >= 0.6 is 0 Å². The Morgan fingerprint density at radius 1 is 1.17 bits per heavy atom. The summed E-state index contributed by atoms with van der Waals surface area (Å²) in [5.41, 5.74) is 1.33. The van der Waals surface area contributed by atoms with Crippen molar-refractivity contribution in [3.8, 4) is 0 Å². The van der Waals surface area contributed by atoms with Crippen LogP contribution < -0.4 is 0 Å². The first-order chi connectivity index (χ1) is 5.81. The van der Waals surface area contributed by atoms with Crippen molar-refractivity contribution in [3.63, 3.8) is 0 Å². The van der Waals surface area contributed by atoms with E-state index in [9.17, 15) is 0 Å². The van der Waals surface area contributed by atoms with Crippen molar-refractivity contribution in [1.29, 1.82) is 0 Å². The third-order valence-electron chi connectivity index (χ3n) is 1.19. The molecule has 0 aliphatic heterocycles. The van der Waals surface area contributed by atoms with E-state index in [0.717, 1.165) is 6.42 Å². The largest absolute Gasteiger partial charge is 0.0877 e. The topological polar surface area (TPSA) is 0 Å². The Kier molecular flexibility index (Phi) is 14.8. The lowest BCUT2D eigenvalue weighted by Crippen LogP contribution is -1.65. The fourth-order valence-electron chi connectivity index (χ4n) is 0.708. The molecule has 0 spiro atoms. The molecule has 12 heavy (non-hydrogen) atoms. The minimum Gasteiger partial charge on any atom is -0.0877 e. The van der Waals surface area contributed by atoms with Crippen LogP contribution in [0.25, 0.3) is 0 Å². The summed E-state index contributed by atoms with van der Waals surface area (Å²) in [5, 5.41) is 0. The molecular formula is C12H22. The van der Waals surface area contributed by atoms with Gasteiger partial charge in [-0.1, -0.05) is 56.7 Å². The molecule has 0 saturated carbocycles. The van der Waals surface area contributed by atoms with E-state index in [1.807, 2.05) is 32.9 Å². The molecule has 0 unspecified atom stereocenters. The summed E-state index contributed by atoms with van der Waals surface area (Å²) < 4.78 is 0. The Labute approximate surface area is 77.7 Å². The highest BCUT2D eigenvalue weighted by molar-refractivity contribution is 5.19. The molecule has 0 aliphatic rings. The fraction of sp³-hybridized carbons (Fsp3) is 0.500. The summed E-state index contributed by atoms with van der Waals surface area (Å²) in [7, 11) is 0. The van der Waals surface area contributed by atoms with Crippen LogP contribution in [-0.4, -0.2) is 0 Å². The second-order valence-electron chi connectivity index (χ2n) is 2.24. The first-order valence-corrected chi connectivity index (χ1v) is 4.77. The van der Waals surface area contributed by atoms with Gasteiger partial charge in [0.2, 0.25) is 0 Å². The van der Waals surface area contributed by atoms with Gasteiger partial charge in [0.15, 0.2) is 0 Å². The van der Waals surface area contributed by atoms with Crippen LogP contribution in [0.1, 0.15) is 41.0 Å². The van der Waals surface area contributed by atoms with Crippen molar-refractivity contribution < 1.29 is 0 Å². The van der Waals surface area contributed by atoms with Gasteiger partial charge >= 0.3 is 0 Å². The normalized spacial score (nSPS) is 11.9. The van der Waals surface area contributed by atoms with Crippen molar-refractivity contribution in [2.24, 2.45) is 0 Å². The molecule has 0 rings (SSSR count). The first-order valence-electron chi connectivity index (χ1n) is 4.77. The predicted octanol–water partition coefficient (Wildman–Crippen LogP) is 4.50. The van der Waals surface area contributed by atoms with Crippen molar-refractivity contribution in [2.75, 3.05) is 0 Å². The average Bonchev–Trinajstić information content (AvgIpc) is 2.09. The maximum absolute atomic E-state index is 2.21. The maximum atomic E-state index is 2.21. The van der Waals surface area contributed by atoms with Gasteiger partial charge in [-0.05, 0) is 20.3 Å². The molecule has 0 atom stereocenters. The lowest BCUT2D eigenvalue weighted by atomic mass is 10.2. The fourth-order valence-corrected chi connectivity index (χ4v) is 0.708. The molecule has 0 radical (unpaired) electrons. The standard InChI is InChI=1S/C10H16.C2H6/c1-4-6-7-9-10(3)8-5-2;1-2/h4,6-9H,5H2,1-3H3;1-2H3/b6-4-,9-7-,10-8+;. The van der Waals surface area contributed by atoms with Crippen LogP contribution in [0.4, 0.5) is 0 Å². The first kappa shape index (κ1) is 13.8. The molecule has 0 aliphatic carbocycles.